The number of nitrogens with one attached hydrogen (secondary N) is 1. The average molecular weight is 505 g/mol. The molecule has 1 aliphatic rings. The molecule has 0 aliphatic carbocycles. The Morgan fingerprint density at radius 1 is 1.06 bits per heavy atom. The molecule has 0 fully saturated rings. The highest BCUT2D eigenvalue weighted by atomic mass is 19.1. The molecule has 198 valence electrons. The van der Waals surface area contributed by atoms with Gasteiger partial charge in [0.15, 0.2) is 5.82 Å². The van der Waals surface area contributed by atoms with Crippen LogP contribution in [0.1, 0.15) is 58.9 Å². The SMILES string of the molecule is CC.CCCCC1C(c2ccc(F)cc2)=NN(c2ccc(F)cc2F)C1(C)C(=O)NCCCN(C)C. The molecule has 0 saturated heterocycles. The number of rotatable bonds is 10. The molecule has 2 unspecified atom stereocenters. The fraction of sp³-hybridized carbons (Fsp3) is 0.500. The number of nitrogens with zero attached hydrogens (tertiary/aromatic N) is 3. The number of halogens is 3. The smallest absolute Gasteiger partial charge is 0.248 e. The molecule has 3 rings (SSSR count). The Balaban J connectivity index is 0.00000222. The normalized spacial score (nSPS) is 19.1. The first-order valence-corrected chi connectivity index (χ1v) is 12.7. The number of unbranched alkanes of at least 4 members (excludes halogenated alkanes) is 1. The van der Waals surface area contributed by atoms with Gasteiger partial charge in [-0.15, -0.1) is 0 Å². The van der Waals surface area contributed by atoms with Crippen molar-refractivity contribution in [2.75, 3.05) is 32.2 Å². The molecule has 2 aromatic rings. The summed E-state index contributed by atoms with van der Waals surface area (Å²) in [5.41, 5.74) is 0.0172. The largest absolute Gasteiger partial charge is 0.354 e. The molecule has 0 aromatic heterocycles. The highest BCUT2D eigenvalue weighted by molar-refractivity contribution is 6.10. The van der Waals surface area contributed by atoms with Crippen LogP contribution in [0.5, 0.6) is 0 Å². The van der Waals surface area contributed by atoms with E-state index in [2.05, 4.69) is 12.2 Å². The van der Waals surface area contributed by atoms with Gasteiger partial charge in [-0.2, -0.15) is 5.10 Å². The van der Waals surface area contributed by atoms with E-state index in [1.807, 2.05) is 32.8 Å². The zero-order valence-corrected chi connectivity index (χ0v) is 22.2. The third kappa shape index (κ3) is 6.66. The molecule has 1 heterocycles. The first-order chi connectivity index (χ1) is 17.2. The molecule has 2 atom stereocenters. The van der Waals surface area contributed by atoms with Crippen molar-refractivity contribution in [2.24, 2.45) is 11.0 Å². The maximum atomic E-state index is 14.9. The summed E-state index contributed by atoms with van der Waals surface area (Å²) in [6.45, 7) is 9.07. The van der Waals surface area contributed by atoms with Crippen LogP contribution in [0.4, 0.5) is 18.9 Å². The Morgan fingerprint density at radius 3 is 2.28 bits per heavy atom. The van der Waals surface area contributed by atoms with E-state index in [9.17, 15) is 18.0 Å². The molecule has 8 heteroatoms. The monoisotopic (exact) mass is 504 g/mol. The number of hydrazone groups is 1. The van der Waals surface area contributed by atoms with Gasteiger partial charge < -0.3 is 10.2 Å². The van der Waals surface area contributed by atoms with Gasteiger partial charge in [0.1, 0.15) is 17.2 Å². The van der Waals surface area contributed by atoms with Crippen LogP contribution >= 0.6 is 0 Å². The fourth-order valence-electron chi connectivity index (χ4n) is 4.39. The van der Waals surface area contributed by atoms with Gasteiger partial charge in [-0.05, 0) is 70.2 Å². The van der Waals surface area contributed by atoms with E-state index in [1.54, 1.807) is 19.1 Å². The number of amides is 1. The first-order valence-electron chi connectivity index (χ1n) is 12.7. The van der Waals surface area contributed by atoms with E-state index >= 15 is 0 Å². The second-order valence-electron chi connectivity index (χ2n) is 9.15. The average Bonchev–Trinajstić information content (AvgIpc) is 3.15. The van der Waals surface area contributed by atoms with Gasteiger partial charge >= 0.3 is 0 Å². The molecule has 1 amide bonds. The molecule has 0 radical (unpaired) electrons. The lowest BCUT2D eigenvalue weighted by molar-refractivity contribution is -0.126. The van der Waals surface area contributed by atoms with Gasteiger partial charge in [-0.3, -0.25) is 4.79 Å². The summed E-state index contributed by atoms with van der Waals surface area (Å²) in [5, 5.41) is 9.09. The summed E-state index contributed by atoms with van der Waals surface area (Å²) in [6.07, 6.45) is 3.12. The van der Waals surface area contributed by atoms with Gasteiger partial charge in [0.2, 0.25) is 5.91 Å². The van der Waals surface area contributed by atoms with Gasteiger partial charge in [0.05, 0.1) is 11.4 Å². The van der Waals surface area contributed by atoms with Crippen LogP contribution in [0.25, 0.3) is 0 Å². The Labute approximate surface area is 213 Å². The van der Waals surface area contributed by atoms with Crippen LogP contribution in [0.15, 0.2) is 47.6 Å². The predicted molar refractivity (Wildman–Crippen MR) is 141 cm³/mol. The zero-order chi connectivity index (χ0) is 26.9. The molecule has 0 spiro atoms. The van der Waals surface area contributed by atoms with Crippen LogP contribution < -0.4 is 10.3 Å². The standard InChI is InChI=1S/C26H33F3N4O.C2H6/c1-5-6-8-21-24(18-9-11-19(27)12-10-18)31-33(23-14-13-20(28)17-22(23)29)26(21,2)25(34)30-15-7-16-32(3)4;1-2/h9-14,17,21H,5-8,15-16H2,1-4H3,(H,30,34);1-2H3. The van der Waals surface area contributed by atoms with Crippen molar-refractivity contribution in [2.45, 2.75) is 58.9 Å². The molecule has 36 heavy (non-hydrogen) atoms. The van der Waals surface area contributed by atoms with Crippen molar-refractivity contribution in [3.05, 3.63) is 65.5 Å². The van der Waals surface area contributed by atoms with Gasteiger partial charge in [0.25, 0.3) is 0 Å². The van der Waals surface area contributed by atoms with Crippen molar-refractivity contribution in [3.8, 4) is 0 Å². The topological polar surface area (TPSA) is 47.9 Å². The molecule has 0 bridgehead atoms. The number of carbonyl (C=O) groups is 1. The maximum absolute atomic E-state index is 14.9. The van der Waals surface area contributed by atoms with Crippen LogP contribution in [0, 0.1) is 23.4 Å². The summed E-state index contributed by atoms with van der Waals surface area (Å²) in [5.74, 6) is -2.55. The van der Waals surface area contributed by atoms with Gasteiger partial charge in [0, 0.05) is 18.5 Å². The molecule has 2 aromatic carbocycles. The van der Waals surface area contributed by atoms with Gasteiger partial charge in [-0.1, -0.05) is 45.7 Å². The number of benzene rings is 2. The molecule has 1 N–H and O–H groups in total. The van der Waals surface area contributed by atoms with E-state index in [-0.39, 0.29) is 23.3 Å². The summed E-state index contributed by atoms with van der Waals surface area (Å²) in [4.78, 5) is 15.7. The second kappa shape index (κ2) is 13.4. The van der Waals surface area contributed by atoms with Crippen molar-refractivity contribution < 1.29 is 18.0 Å². The van der Waals surface area contributed by atoms with Crippen LogP contribution in [0.2, 0.25) is 0 Å². The molecule has 1 aliphatic heterocycles. The lowest BCUT2D eigenvalue weighted by Gasteiger charge is -2.37. The number of carbonyl (C=O) groups excluding carboxylic acids is 1. The number of hydrogen-bond acceptors (Lipinski definition) is 4. The minimum absolute atomic E-state index is 0.0194. The number of anilines is 1. The highest BCUT2D eigenvalue weighted by Gasteiger charge is 2.54. The Bertz CT molecular complexity index is 1030. The van der Waals surface area contributed by atoms with Crippen LogP contribution in [-0.2, 0) is 4.79 Å². The van der Waals surface area contributed by atoms with E-state index < -0.39 is 17.2 Å². The zero-order valence-electron chi connectivity index (χ0n) is 22.2. The van der Waals surface area contributed by atoms with Crippen molar-refractivity contribution in [1.29, 1.82) is 0 Å². The molecule has 5 nitrogen and oxygen atoms in total. The van der Waals surface area contributed by atoms with E-state index in [0.29, 0.717) is 24.2 Å². The highest BCUT2D eigenvalue weighted by Crippen LogP contribution is 2.42. The lowest BCUT2D eigenvalue weighted by atomic mass is 9.77. The quantitative estimate of drug-likeness (QED) is 0.405. The predicted octanol–water partition coefficient (Wildman–Crippen LogP) is 5.99. The van der Waals surface area contributed by atoms with Crippen LogP contribution in [-0.4, -0.2) is 49.2 Å². The third-order valence-corrected chi connectivity index (χ3v) is 6.31. The van der Waals surface area contributed by atoms with Gasteiger partial charge in [-0.25, -0.2) is 18.2 Å². The van der Waals surface area contributed by atoms with Crippen molar-refractivity contribution in [1.82, 2.24) is 10.2 Å². The maximum Gasteiger partial charge on any atom is 0.248 e. The van der Waals surface area contributed by atoms with Crippen molar-refractivity contribution >= 4 is 17.3 Å². The summed E-state index contributed by atoms with van der Waals surface area (Å²) >= 11 is 0. The Kier molecular flexibility index (Phi) is 11.0. The van der Waals surface area contributed by atoms with E-state index in [1.165, 1.54) is 23.2 Å². The summed E-state index contributed by atoms with van der Waals surface area (Å²) < 4.78 is 42.2. The summed E-state index contributed by atoms with van der Waals surface area (Å²) in [6, 6.07) is 9.16. The van der Waals surface area contributed by atoms with E-state index in [4.69, 9.17) is 5.10 Å². The molecule has 0 saturated carbocycles. The number of hydrogen-bond donors (Lipinski definition) is 1. The molecular formula is C28H39F3N4O. The minimum Gasteiger partial charge on any atom is -0.354 e. The third-order valence-electron chi connectivity index (χ3n) is 6.31. The lowest BCUT2D eigenvalue weighted by Crippen LogP contribution is -2.58. The van der Waals surface area contributed by atoms with Crippen LogP contribution in [0.3, 0.4) is 0 Å². The summed E-state index contributed by atoms with van der Waals surface area (Å²) in [7, 11) is 3.92. The second-order valence-corrected chi connectivity index (χ2v) is 9.15. The van der Waals surface area contributed by atoms with Crippen molar-refractivity contribution in [3.63, 3.8) is 0 Å². The molecular weight excluding hydrogens is 465 g/mol. The first kappa shape index (κ1) is 29.4. The van der Waals surface area contributed by atoms with E-state index in [0.717, 1.165) is 37.9 Å². The Morgan fingerprint density at radius 2 is 1.69 bits per heavy atom. The Hall–Kier alpha value is -2.87. The fourth-order valence-corrected chi connectivity index (χ4v) is 4.39. The minimum atomic E-state index is -1.25.